The molecule has 274 valence electrons. The number of benzene rings is 1. The number of unbranched alkanes of at least 4 members (excludes halogenated alkanes) is 15. The zero-order valence-electron chi connectivity index (χ0n) is 31.2. The maximum atomic E-state index is 12.6. The van der Waals surface area contributed by atoms with E-state index in [9.17, 15) is 14.3 Å². The van der Waals surface area contributed by atoms with Crippen molar-refractivity contribution in [1.82, 2.24) is 0 Å². The number of phosphoric acid groups is 1. The molecule has 1 aromatic carbocycles. The van der Waals surface area contributed by atoms with Crippen molar-refractivity contribution >= 4 is 13.6 Å². The second-order valence-electron chi connectivity index (χ2n) is 14.2. The van der Waals surface area contributed by atoms with Gasteiger partial charge in [0.05, 0.1) is 47.0 Å². The van der Waals surface area contributed by atoms with Gasteiger partial charge in [0.2, 0.25) is 0 Å². The van der Waals surface area contributed by atoms with Crippen molar-refractivity contribution < 1.29 is 32.5 Å². The highest BCUT2D eigenvalue weighted by atomic mass is 31.2. The highest BCUT2D eigenvalue weighted by Crippen LogP contribution is 2.44. The van der Waals surface area contributed by atoms with Crippen molar-refractivity contribution in [3.63, 3.8) is 0 Å². The largest absolute Gasteiger partial charge is 0.493 e. The lowest BCUT2D eigenvalue weighted by atomic mass is 9.93. The van der Waals surface area contributed by atoms with E-state index < -0.39 is 7.82 Å². The minimum atomic E-state index is -4.21. The fourth-order valence-electron chi connectivity index (χ4n) is 5.92. The van der Waals surface area contributed by atoms with Crippen LogP contribution in [0.3, 0.4) is 0 Å². The third-order valence-corrected chi connectivity index (χ3v) is 10.3. The molecular weight excluding hydrogens is 609 g/mol. The lowest BCUT2D eigenvalue weighted by Crippen LogP contribution is -2.40. The van der Waals surface area contributed by atoms with Crippen LogP contribution in [-0.2, 0) is 24.8 Å². The minimum Gasteiger partial charge on any atom is -0.493 e. The van der Waals surface area contributed by atoms with Gasteiger partial charge in [0, 0.05) is 19.3 Å². The standard InChI is InChI=1S/C39H72NO6P/c1-6-9-10-11-12-13-14-15-16-17-18-19-20-21-22-25-31-44-39-29-24-23-28-37(39)33-36(34-38(41)27-7-2)35-46-47(42,43)45-32-26-30-40(4,5)8-3/h23-24,28-29,36H,6-22,25-27,30-35H2,1-5H3/p+1. The van der Waals surface area contributed by atoms with Gasteiger partial charge in [0.1, 0.15) is 11.5 Å². The van der Waals surface area contributed by atoms with Gasteiger partial charge in [-0.15, -0.1) is 0 Å². The monoisotopic (exact) mass is 683 g/mol. The zero-order valence-corrected chi connectivity index (χ0v) is 32.0. The Labute approximate surface area is 289 Å². The summed E-state index contributed by atoms with van der Waals surface area (Å²) in [5.41, 5.74) is 0.996. The molecule has 0 aliphatic carbocycles. The molecule has 0 aromatic heterocycles. The molecule has 0 aliphatic heterocycles. The maximum Gasteiger partial charge on any atom is 0.472 e. The molecule has 1 rings (SSSR count). The summed E-state index contributed by atoms with van der Waals surface area (Å²) < 4.78 is 30.3. The van der Waals surface area contributed by atoms with Crippen LogP contribution < -0.4 is 4.74 Å². The fraction of sp³-hybridized carbons (Fsp3) is 0.821. The number of carbonyl (C=O) groups excluding carboxylic acids is 1. The predicted molar refractivity (Wildman–Crippen MR) is 197 cm³/mol. The Bertz CT molecular complexity index is 955. The van der Waals surface area contributed by atoms with Crippen molar-refractivity contribution in [2.24, 2.45) is 5.92 Å². The van der Waals surface area contributed by atoms with E-state index in [-0.39, 0.29) is 24.9 Å². The van der Waals surface area contributed by atoms with E-state index in [0.29, 0.717) is 32.3 Å². The van der Waals surface area contributed by atoms with Crippen LogP contribution in [0.2, 0.25) is 0 Å². The molecule has 47 heavy (non-hydrogen) atoms. The van der Waals surface area contributed by atoms with Crippen LogP contribution in [0.5, 0.6) is 5.75 Å². The van der Waals surface area contributed by atoms with Gasteiger partial charge in [-0.2, -0.15) is 0 Å². The number of ketones is 1. The second kappa shape index (κ2) is 27.6. The molecular formula is C39H73NO6P+. The number of phosphoric ester groups is 1. The topological polar surface area (TPSA) is 82.1 Å². The molecule has 1 N–H and O–H groups in total. The first-order valence-corrected chi connectivity index (χ1v) is 20.8. The number of Topliss-reactive ketones (excluding diaryl/α,β-unsaturated/α-hetero) is 1. The van der Waals surface area contributed by atoms with Crippen LogP contribution in [-0.4, -0.2) is 62.2 Å². The van der Waals surface area contributed by atoms with Crippen LogP contribution in [0, 0.1) is 5.92 Å². The molecule has 2 atom stereocenters. The summed E-state index contributed by atoms with van der Waals surface area (Å²) in [4.78, 5) is 22.9. The third kappa shape index (κ3) is 24.5. The van der Waals surface area contributed by atoms with E-state index in [2.05, 4.69) is 27.9 Å². The number of carbonyl (C=O) groups is 1. The van der Waals surface area contributed by atoms with E-state index >= 15 is 0 Å². The molecule has 0 spiro atoms. The molecule has 1 aromatic rings. The summed E-state index contributed by atoms with van der Waals surface area (Å²) in [6, 6.07) is 7.93. The summed E-state index contributed by atoms with van der Waals surface area (Å²) in [5, 5.41) is 0. The number of nitrogens with zero attached hydrogens (tertiary/aromatic N) is 1. The number of para-hydroxylation sites is 1. The van der Waals surface area contributed by atoms with Gasteiger partial charge in [-0.25, -0.2) is 4.57 Å². The summed E-state index contributed by atoms with van der Waals surface area (Å²) in [6.07, 6.45) is 24.2. The van der Waals surface area contributed by atoms with Gasteiger partial charge >= 0.3 is 7.82 Å². The molecule has 0 aliphatic rings. The summed E-state index contributed by atoms with van der Waals surface area (Å²) in [6.45, 7) is 9.01. The molecule has 8 heteroatoms. The van der Waals surface area contributed by atoms with Crippen molar-refractivity contribution in [3.05, 3.63) is 29.8 Å². The SMILES string of the molecule is CCCCCCCCCCCCCCCCCCOc1ccccc1CC(COP(=O)(O)OCCC[N+](C)(C)CC)CC(=O)CCC. The van der Waals surface area contributed by atoms with E-state index in [4.69, 9.17) is 13.8 Å². The summed E-state index contributed by atoms with van der Waals surface area (Å²) in [5.74, 6) is 0.719. The first-order chi connectivity index (χ1) is 22.6. The Balaban J connectivity index is 2.38. The molecule has 0 radical (unpaired) electrons. The maximum absolute atomic E-state index is 12.6. The number of hydrogen-bond donors (Lipinski definition) is 1. The number of quaternary nitrogens is 1. The van der Waals surface area contributed by atoms with E-state index in [1.807, 2.05) is 31.2 Å². The van der Waals surface area contributed by atoms with Gasteiger partial charge < -0.3 is 14.1 Å². The molecule has 0 bridgehead atoms. The minimum absolute atomic E-state index is 0.0206. The lowest BCUT2D eigenvalue weighted by molar-refractivity contribution is -0.888. The molecule has 0 amide bonds. The lowest BCUT2D eigenvalue weighted by Gasteiger charge is -2.28. The van der Waals surface area contributed by atoms with Gasteiger partial charge in [-0.1, -0.05) is 128 Å². The van der Waals surface area contributed by atoms with Crippen LogP contribution in [0.25, 0.3) is 0 Å². The first kappa shape index (κ1) is 43.8. The average molecular weight is 683 g/mol. The first-order valence-electron chi connectivity index (χ1n) is 19.3. The second-order valence-corrected chi connectivity index (χ2v) is 15.7. The Hall–Kier alpha value is -1.24. The van der Waals surface area contributed by atoms with Crippen LogP contribution >= 0.6 is 7.82 Å². The Morgan fingerprint density at radius 3 is 1.85 bits per heavy atom. The quantitative estimate of drug-likeness (QED) is 0.0451. The van der Waals surface area contributed by atoms with Gasteiger partial charge in [-0.3, -0.25) is 13.8 Å². The van der Waals surface area contributed by atoms with Gasteiger partial charge in [0.25, 0.3) is 0 Å². The number of hydrogen-bond acceptors (Lipinski definition) is 5. The van der Waals surface area contributed by atoms with Crippen LogP contribution in [0.1, 0.15) is 155 Å². The van der Waals surface area contributed by atoms with Crippen molar-refractivity contribution in [3.8, 4) is 5.75 Å². The Morgan fingerprint density at radius 2 is 1.30 bits per heavy atom. The molecule has 7 nitrogen and oxygen atoms in total. The molecule has 0 fully saturated rings. The normalized spacial score (nSPS) is 13.8. The number of rotatable bonds is 33. The van der Waals surface area contributed by atoms with E-state index in [1.165, 1.54) is 96.3 Å². The number of ether oxygens (including phenoxy) is 1. The average Bonchev–Trinajstić information content (AvgIpc) is 3.04. The van der Waals surface area contributed by atoms with Crippen molar-refractivity contribution in [2.45, 2.75) is 156 Å². The van der Waals surface area contributed by atoms with E-state index in [0.717, 1.165) is 41.7 Å². The van der Waals surface area contributed by atoms with E-state index in [1.54, 1.807) is 0 Å². The van der Waals surface area contributed by atoms with Crippen LogP contribution in [0.4, 0.5) is 0 Å². The predicted octanol–water partition coefficient (Wildman–Crippen LogP) is 10.9. The van der Waals surface area contributed by atoms with Gasteiger partial charge in [0.15, 0.2) is 0 Å². The van der Waals surface area contributed by atoms with Crippen LogP contribution in [0.15, 0.2) is 24.3 Å². The van der Waals surface area contributed by atoms with Crippen molar-refractivity contribution in [1.29, 1.82) is 0 Å². The molecule has 0 saturated carbocycles. The van der Waals surface area contributed by atoms with Gasteiger partial charge in [-0.05, 0) is 43.7 Å². The van der Waals surface area contributed by atoms with Crippen molar-refractivity contribution in [2.75, 3.05) is 47.0 Å². The molecule has 0 heterocycles. The smallest absolute Gasteiger partial charge is 0.472 e. The zero-order chi connectivity index (χ0) is 34.6. The third-order valence-electron chi connectivity index (χ3n) is 9.27. The summed E-state index contributed by atoms with van der Waals surface area (Å²) in [7, 11) is 0.0311. The fourth-order valence-corrected chi connectivity index (χ4v) is 6.75. The molecule has 0 saturated heterocycles. The molecule has 2 unspecified atom stereocenters. The summed E-state index contributed by atoms with van der Waals surface area (Å²) >= 11 is 0. The highest BCUT2D eigenvalue weighted by Gasteiger charge is 2.26. The Kier molecular flexibility index (Phi) is 25.7. The highest BCUT2D eigenvalue weighted by molar-refractivity contribution is 7.47. The Morgan fingerprint density at radius 1 is 0.745 bits per heavy atom.